The van der Waals surface area contributed by atoms with Crippen LogP contribution in [0.2, 0.25) is 5.02 Å². The molecule has 2 N–H and O–H groups in total. The van der Waals surface area contributed by atoms with Gasteiger partial charge in [-0.3, -0.25) is 19.7 Å². The van der Waals surface area contributed by atoms with Gasteiger partial charge in [0.05, 0.1) is 16.5 Å². The first-order valence-corrected chi connectivity index (χ1v) is 8.33. The zero-order valence-electron chi connectivity index (χ0n) is 14.0. The summed E-state index contributed by atoms with van der Waals surface area (Å²) < 4.78 is 0. The van der Waals surface area contributed by atoms with Crippen LogP contribution in [-0.2, 0) is 9.59 Å². The number of hydrogen-bond acceptors (Lipinski definition) is 5. The number of hydrogen-bond donors (Lipinski definition) is 2. The van der Waals surface area contributed by atoms with Crippen molar-refractivity contribution >= 4 is 35.1 Å². The lowest BCUT2D eigenvalue weighted by molar-refractivity contribution is -0.385. The Morgan fingerprint density at radius 3 is 2.73 bits per heavy atom. The number of carbonyl (C=O) groups excluding carboxylic acids is 2. The van der Waals surface area contributed by atoms with Crippen LogP contribution in [0, 0.1) is 16.0 Å². The number of piperidine rings is 1. The molecular formula is C16H18ClN3O6. The van der Waals surface area contributed by atoms with Crippen molar-refractivity contribution in [3.05, 3.63) is 38.9 Å². The predicted molar refractivity (Wildman–Crippen MR) is 92.0 cm³/mol. The number of amides is 2. The van der Waals surface area contributed by atoms with Crippen molar-refractivity contribution in [1.29, 1.82) is 0 Å². The maximum absolute atomic E-state index is 12.3. The van der Waals surface area contributed by atoms with Gasteiger partial charge in [0.25, 0.3) is 11.6 Å². The van der Waals surface area contributed by atoms with Crippen molar-refractivity contribution < 1.29 is 24.4 Å². The van der Waals surface area contributed by atoms with E-state index in [1.807, 2.05) is 6.92 Å². The first-order valence-electron chi connectivity index (χ1n) is 7.95. The highest BCUT2D eigenvalue weighted by molar-refractivity contribution is 6.34. The Balaban J connectivity index is 2.09. The molecule has 26 heavy (non-hydrogen) atoms. The van der Waals surface area contributed by atoms with Gasteiger partial charge >= 0.3 is 5.97 Å². The van der Waals surface area contributed by atoms with Crippen LogP contribution in [0.25, 0.3) is 0 Å². The number of carbonyl (C=O) groups is 3. The second-order valence-corrected chi connectivity index (χ2v) is 6.55. The Morgan fingerprint density at radius 2 is 2.12 bits per heavy atom. The number of nitro benzene ring substituents is 1. The largest absolute Gasteiger partial charge is 0.480 e. The van der Waals surface area contributed by atoms with Crippen LogP contribution >= 0.6 is 11.6 Å². The molecule has 0 saturated carbocycles. The molecule has 140 valence electrons. The maximum atomic E-state index is 12.3. The van der Waals surface area contributed by atoms with E-state index >= 15 is 0 Å². The first-order chi connectivity index (χ1) is 12.2. The summed E-state index contributed by atoms with van der Waals surface area (Å²) in [5, 5.41) is 22.5. The fourth-order valence-corrected chi connectivity index (χ4v) is 3.17. The average Bonchev–Trinajstić information content (AvgIpc) is 2.58. The van der Waals surface area contributed by atoms with Gasteiger partial charge in [-0.15, -0.1) is 0 Å². The van der Waals surface area contributed by atoms with Crippen molar-refractivity contribution in [2.24, 2.45) is 5.92 Å². The second-order valence-electron chi connectivity index (χ2n) is 6.14. The molecule has 2 amide bonds. The van der Waals surface area contributed by atoms with Crippen LogP contribution in [0.4, 0.5) is 5.69 Å². The molecule has 1 saturated heterocycles. The third-order valence-electron chi connectivity index (χ3n) is 4.29. The lowest BCUT2D eigenvalue weighted by atomic mass is 9.92. The number of aliphatic carboxylic acids is 1. The third kappa shape index (κ3) is 4.29. The minimum Gasteiger partial charge on any atom is -0.480 e. The molecule has 10 heteroatoms. The van der Waals surface area contributed by atoms with Crippen LogP contribution in [0.15, 0.2) is 18.2 Å². The van der Waals surface area contributed by atoms with Gasteiger partial charge in [0, 0.05) is 12.6 Å². The summed E-state index contributed by atoms with van der Waals surface area (Å²) in [5.74, 6) is -2.35. The van der Waals surface area contributed by atoms with E-state index in [0.717, 1.165) is 6.07 Å². The number of halogens is 1. The number of nitro groups is 1. The van der Waals surface area contributed by atoms with E-state index in [1.165, 1.54) is 17.0 Å². The highest BCUT2D eigenvalue weighted by Gasteiger charge is 2.35. The minimum absolute atomic E-state index is 0.112. The lowest BCUT2D eigenvalue weighted by Gasteiger charge is -2.36. The van der Waals surface area contributed by atoms with Crippen molar-refractivity contribution in [1.82, 2.24) is 10.2 Å². The fraction of sp³-hybridized carbons (Fsp3) is 0.438. The number of benzene rings is 1. The minimum atomic E-state index is -1.10. The molecule has 2 atom stereocenters. The monoisotopic (exact) mass is 383 g/mol. The summed E-state index contributed by atoms with van der Waals surface area (Å²) in [6, 6.07) is 2.86. The zero-order valence-corrected chi connectivity index (χ0v) is 14.7. The smallest absolute Gasteiger partial charge is 0.326 e. The van der Waals surface area contributed by atoms with Crippen molar-refractivity contribution in [2.45, 2.75) is 25.8 Å². The topological polar surface area (TPSA) is 130 Å². The molecular weight excluding hydrogens is 366 g/mol. The van der Waals surface area contributed by atoms with Crippen LogP contribution < -0.4 is 5.32 Å². The van der Waals surface area contributed by atoms with Gasteiger partial charge in [0.1, 0.15) is 11.6 Å². The van der Waals surface area contributed by atoms with Gasteiger partial charge in [-0.05, 0) is 24.8 Å². The molecule has 9 nitrogen and oxygen atoms in total. The van der Waals surface area contributed by atoms with Gasteiger partial charge < -0.3 is 15.3 Å². The SMILES string of the molecule is CC1CCN(C(=O)CNC(=O)c2c(Cl)cccc2[N+](=O)[O-])C(C(=O)O)C1. The van der Waals surface area contributed by atoms with Crippen LogP contribution in [0.3, 0.4) is 0 Å². The maximum Gasteiger partial charge on any atom is 0.326 e. The molecule has 2 unspecified atom stereocenters. The van der Waals surface area contributed by atoms with Gasteiger partial charge in [-0.25, -0.2) is 4.79 Å². The van der Waals surface area contributed by atoms with Crippen molar-refractivity contribution in [3.8, 4) is 0 Å². The molecule has 0 aromatic heterocycles. The van der Waals surface area contributed by atoms with E-state index in [2.05, 4.69) is 5.32 Å². The van der Waals surface area contributed by atoms with E-state index in [9.17, 15) is 29.6 Å². The highest BCUT2D eigenvalue weighted by atomic mass is 35.5. The van der Waals surface area contributed by atoms with E-state index in [-0.39, 0.29) is 23.0 Å². The Kier molecular flexibility index (Phi) is 6.14. The lowest BCUT2D eigenvalue weighted by Crippen LogP contribution is -2.52. The second kappa shape index (κ2) is 8.13. The first kappa shape index (κ1) is 19.6. The zero-order chi connectivity index (χ0) is 19.4. The summed E-state index contributed by atoms with van der Waals surface area (Å²) in [7, 11) is 0. The Hall–Kier alpha value is -2.68. The number of likely N-dealkylation sites (tertiary alicyclic amines) is 1. The number of nitrogens with one attached hydrogen (secondary N) is 1. The molecule has 1 aliphatic heterocycles. The molecule has 0 aliphatic carbocycles. The molecule has 1 aromatic carbocycles. The molecule has 0 spiro atoms. The molecule has 1 heterocycles. The highest BCUT2D eigenvalue weighted by Crippen LogP contribution is 2.26. The van der Waals surface area contributed by atoms with E-state index in [0.29, 0.717) is 12.8 Å². The standard InChI is InChI=1S/C16H18ClN3O6/c1-9-5-6-19(12(7-9)16(23)24)13(21)8-18-15(22)14-10(17)3-2-4-11(14)20(25)26/h2-4,9,12H,5-8H2,1H3,(H,18,22)(H,23,24). The third-order valence-corrected chi connectivity index (χ3v) is 4.60. The average molecular weight is 384 g/mol. The number of carboxylic acids is 1. The Bertz CT molecular complexity index is 754. The predicted octanol–water partition coefficient (Wildman–Crippen LogP) is 1.69. The Morgan fingerprint density at radius 1 is 1.42 bits per heavy atom. The van der Waals surface area contributed by atoms with Gasteiger partial charge in [-0.2, -0.15) is 0 Å². The van der Waals surface area contributed by atoms with E-state index < -0.39 is 41.0 Å². The Labute approximate surface area is 154 Å². The van der Waals surface area contributed by atoms with E-state index in [4.69, 9.17) is 11.6 Å². The van der Waals surface area contributed by atoms with Crippen molar-refractivity contribution in [3.63, 3.8) is 0 Å². The van der Waals surface area contributed by atoms with Gasteiger partial charge in [0.2, 0.25) is 5.91 Å². The summed E-state index contributed by atoms with van der Waals surface area (Å²) in [5.41, 5.74) is -0.813. The van der Waals surface area contributed by atoms with E-state index in [1.54, 1.807) is 0 Å². The molecule has 0 bridgehead atoms. The summed E-state index contributed by atoms with van der Waals surface area (Å²) in [4.78, 5) is 47.5. The molecule has 1 fully saturated rings. The summed E-state index contributed by atoms with van der Waals surface area (Å²) in [6.07, 6.45) is 1.00. The molecule has 2 rings (SSSR count). The number of rotatable bonds is 5. The fourth-order valence-electron chi connectivity index (χ4n) is 2.91. The van der Waals surface area contributed by atoms with Crippen LogP contribution in [0.1, 0.15) is 30.1 Å². The number of carboxylic acid groups (broad SMARTS) is 1. The quantitative estimate of drug-likeness (QED) is 0.587. The van der Waals surface area contributed by atoms with Gasteiger partial charge in [-0.1, -0.05) is 24.6 Å². The molecule has 1 aliphatic rings. The molecule has 1 aromatic rings. The van der Waals surface area contributed by atoms with Crippen LogP contribution in [-0.4, -0.2) is 51.8 Å². The van der Waals surface area contributed by atoms with Crippen molar-refractivity contribution in [2.75, 3.05) is 13.1 Å². The van der Waals surface area contributed by atoms with Crippen LogP contribution in [0.5, 0.6) is 0 Å². The molecule has 0 radical (unpaired) electrons. The van der Waals surface area contributed by atoms with Gasteiger partial charge in [0.15, 0.2) is 0 Å². The summed E-state index contributed by atoms with van der Waals surface area (Å²) >= 11 is 5.87. The normalized spacial score (nSPS) is 19.7. The summed E-state index contributed by atoms with van der Waals surface area (Å²) in [6.45, 7) is 1.72. The number of nitrogens with zero attached hydrogens (tertiary/aromatic N) is 2.